The molecule has 2 heterocycles. The summed E-state index contributed by atoms with van der Waals surface area (Å²) in [6, 6.07) is 22.9. The molecule has 0 aliphatic carbocycles. The van der Waals surface area contributed by atoms with Crippen LogP contribution < -0.4 is 5.32 Å². The summed E-state index contributed by atoms with van der Waals surface area (Å²) in [5, 5.41) is 10.9. The van der Waals surface area contributed by atoms with Crippen LogP contribution in [0.2, 0.25) is 0 Å². The van der Waals surface area contributed by atoms with Gasteiger partial charge < -0.3 is 15.4 Å². The summed E-state index contributed by atoms with van der Waals surface area (Å²) in [6.45, 7) is 12.4. The second-order valence-electron chi connectivity index (χ2n) is 10.2. The summed E-state index contributed by atoms with van der Waals surface area (Å²) in [7, 11) is 1.00. The number of aliphatic hydroxyl groups is 1. The third-order valence-electron chi connectivity index (χ3n) is 6.63. The van der Waals surface area contributed by atoms with E-state index < -0.39 is 0 Å². The molecule has 0 spiro atoms. The van der Waals surface area contributed by atoms with Crippen LogP contribution in [-0.4, -0.2) is 39.4 Å². The molecule has 0 saturated carbocycles. The van der Waals surface area contributed by atoms with Crippen LogP contribution in [0.3, 0.4) is 0 Å². The topological polar surface area (TPSA) is 108 Å². The molecule has 0 saturated heterocycles. The van der Waals surface area contributed by atoms with Crippen molar-refractivity contribution in [2.75, 3.05) is 12.4 Å². The molecule has 5 aromatic rings. The molecule has 0 unspecified atom stereocenters. The Labute approximate surface area is 241 Å². The van der Waals surface area contributed by atoms with E-state index in [0.29, 0.717) is 16.8 Å². The van der Waals surface area contributed by atoms with Crippen molar-refractivity contribution >= 4 is 28.9 Å². The number of aliphatic hydroxyl groups excluding tert-OH is 1. The van der Waals surface area contributed by atoms with Crippen molar-refractivity contribution in [3.05, 3.63) is 101 Å². The van der Waals surface area contributed by atoms with Gasteiger partial charge in [-0.1, -0.05) is 83.1 Å². The molecule has 5 rings (SSSR count). The normalized spacial score (nSPS) is 10.6. The molecule has 7 heteroatoms. The van der Waals surface area contributed by atoms with Gasteiger partial charge >= 0.3 is 0 Å². The van der Waals surface area contributed by atoms with Crippen molar-refractivity contribution in [3.8, 4) is 22.5 Å². The molecule has 0 aliphatic rings. The number of anilines is 1. The number of fused-ring (bicyclic) bond motifs is 1. The first-order chi connectivity index (χ1) is 19.7. The minimum atomic E-state index is -0.156. The highest BCUT2D eigenvalue weighted by atomic mass is 16.2. The Morgan fingerprint density at radius 3 is 2.20 bits per heavy atom. The number of carbonyl (C=O) groups excluding carboxylic acids is 2. The lowest BCUT2D eigenvalue weighted by atomic mass is 9.86. The van der Waals surface area contributed by atoms with Gasteiger partial charge in [0.15, 0.2) is 0 Å². The average Bonchev–Trinajstić information content (AvgIpc) is 3.45. The number of hydrogen-bond donors (Lipinski definition) is 3. The van der Waals surface area contributed by atoms with Gasteiger partial charge in [-0.15, -0.1) is 0 Å². The lowest BCUT2D eigenvalue weighted by Crippen LogP contribution is -2.15. The Morgan fingerprint density at radius 2 is 1.59 bits per heavy atom. The van der Waals surface area contributed by atoms with Gasteiger partial charge in [-0.25, -0.2) is 9.97 Å². The van der Waals surface area contributed by atoms with Crippen molar-refractivity contribution in [3.63, 3.8) is 0 Å². The monoisotopic (exact) mass is 550 g/mol. The molecule has 41 heavy (non-hydrogen) atoms. The molecule has 3 aromatic carbocycles. The summed E-state index contributed by atoms with van der Waals surface area (Å²) in [4.78, 5) is 36.4. The minimum absolute atomic E-state index is 0.0276. The third-order valence-corrected chi connectivity index (χ3v) is 6.63. The van der Waals surface area contributed by atoms with E-state index in [1.54, 1.807) is 12.1 Å². The van der Waals surface area contributed by atoms with Crippen molar-refractivity contribution in [2.45, 2.75) is 47.0 Å². The highest BCUT2D eigenvalue weighted by molar-refractivity contribution is 6.05. The molecular formula is C34H38N4O3. The quantitative estimate of drug-likeness (QED) is 0.195. The second kappa shape index (κ2) is 13.6. The Balaban J connectivity index is 0.00000111. The van der Waals surface area contributed by atoms with E-state index in [0.717, 1.165) is 52.5 Å². The lowest BCUT2D eigenvalue weighted by molar-refractivity contribution is 0.102. The van der Waals surface area contributed by atoms with Gasteiger partial charge in [0.05, 0.1) is 5.69 Å². The number of aldehydes is 1. The number of rotatable bonds is 5. The first kappa shape index (κ1) is 30.9. The molecule has 1 amide bonds. The van der Waals surface area contributed by atoms with Gasteiger partial charge in [-0.2, -0.15) is 0 Å². The first-order valence-electron chi connectivity index (χ1n) is 13.6. The number of hydrogen-bond acceptors (Lipinski definition) is 5. The van der Waals surface area contributed by atoms with Crippen molar-refractivity contribution in [2.24, 2.45) is 0 Å². The first-order valence-corrected chi connectivity index (χ1v) is 13.6. The molecule has 0 radical (unpaired) electrons. The van der Waals surface area contributed by atoms with Gasteiger partial charge in [0.25, 0.3) is 5.91 Å². The van der Waals surface area contributed by atoms with Gasteiger partial charge in [-0.05, 0) is 53.3 Å². The van der Waals surface area contributed by atoms with Gasteiger partial charge in [-0.3, -0.25) is 9.59 Å². The number of benzene rings is 3. The summed E-state index contributed by atoms with van der Waals surface area (Å²) in [5.41, 5.74) is 8.33. The highest BCUT2D eigenvalue weighted by Gasteiger charge is 2.17. The molecule has 0 aliphatic heterocycles. The fourth-order valence-corrected chi connectivity index (χ4v) is 4.39. The Kier molecular flexibility index (Phi) is 10.3. The smallest absolute Gasteiger partial charge is 0.255 e. The maximum Gasteiger partial charge on any atom is 0.255 e. The maximum absolute atomic E-state index is 13.0. The summed E-state index contributed by atoms with van der Waals surface area (Å²) in [6.07, 6.45) is 2.36. The zero-order valence-corrected chi connectivity index (χ0v) is 24.7. The lowest BCUT2D eigenvalue weighted by Gasteiger charge is -2.19. The van der Waals surface area contributed by atoms with Crippen LogP contribution in [0.25, 0.3) is 33.5 Å². The molecular weight excluding hydrogens is 512 g/mol. The molecule has 0 atom stereocenters. The van der Waals surface area contributed by atoms with Crippen molar-refractivity contribution in [1.82, 2.24) is 15.0 Å². The molecule has 2 aromatic heterocycles. The van der Waals surface area contributed by atoms with E-state index in [-0.39, 0.29) is 11.3 Å². The van der Waals surface area contributed by atoms with Gasteiger partial charge in [0, 0.05) is 40.6 Å². The minimum Gasteiger partial charge on any atom is -0.400 e. The van der Waals surface area contributed by atoms with Crippen LogP contribution >= 0.6 is 0 Å². The maximum atomic E-state index is 13.0. The molecule has 0 bridgehead atoms. The SMILES string of the molecule is CC.CO.Cc1c(NC(=O)c2ccc(C(C)(C)C)cc2)cccc1-c1ncnc2[nH]c(-c3ccc(C=O)cc3)cc12. The molecule has 3 N–H and O–H groups in total. The van der Waals surface area contributed by atoms with Gasteiger partial charge in [0.2, 0.25) is 0 Å². The molecule has 212 valence electrons. The summed E-state index contributed by atoms with van der Waals surface area (Å²) >= 11 is 0. The van der Waals surface area contributed by atoms with Crippen LogP contribution in [0, 0.1) is 6.92 Å². The standard InChI is InChI=1S/C31H28N4O2.C2H6.CH4O/c1-19-24(6-5-7-26(19)35-30(37)22-12-14-23(15-13-22)31(2,3)4)28-25-16-27(34-29(25)33-18-32-28)21-10-8-20(17-36)9-11-21;2*1-2/h5-18H,1-4H3,(H,35,37)(H,32,33,34);1-2H3;2H,1H3. The molecule has 7 nitrogen and oxygen atoms in total. The average molecular weight is 551 g/mol. The zero-order valence-electron chi connectivity index (χ0n) is 24.7. The van der Waals surface area contributed by atoms with Crippen LogP contribution in [0.15, 0.2) is 79.1 Å². The Bertz CT molecular complexity index is 1610. The largest absolute Gasteiger partial charge is 0.400 e. The molecule has 0 fully saturated rings. The number of amides is 1. The van der Waals surface area contributed by atoms with Crippen molar-refractivity contribution < 1.29 is 14.7 Å². The number of aromatic amines is 1. The van der Waals surface area contributed by atoms with E-state index in [1.807, 2.05) is 81.4 Å². The predicted octanol–water partition coefficient (Wildman–Crippen LogP) is 7.60. The van der Waals surface area contributed by atoms with E-state index in [2.05, 4.69) is 41.0 Å². The number of nitrogens with one attached hydrogen (secondary N) is 2. The van der Waals surface area contributed by atoms with Crippen molar-refractivity contribution in [1.29, 1.82) is 0 Å². The summed E-state index contributed by atoms with van der Waals surface area (Å²) < 4.78 is 0. The number of aromatic nitrogens is 3. The number of nitrogens with zero attached hydrogens (tertiary/aromatic N) is 2. The summed E-state index contributed by atoms with van der Waals surface area (Å²) in [5.74, 6) is -0.156. The van der Waals surface area contributed by atoms with Crippen LogP contribution in [0.5, 0.6) is 0 Å². The number of H-pyrrole nitrogens is 1. The Hall–Kier alpha value is -4.62. The second-order valence-corrected chi connectivity index (χ2v) is 10.2. The Morgan fingerprint density at radius 1 is 0.927 bits per heavy atom. The predicted molar refractivity (Wildman–Crippen MR) is 167 cm³/mol. The van der Waals surface area contributed by atoms with Crippen LogP contribution in [0.1, 0.15) is 66.5 Å². The van der Waals surface area contributed by atoms with Gasteiger partial charge in [0.1, 0.15) is 18.3 Å². The van der Waals surface area contributed by atoms with E-state index in [9.17, 15) is 9.59 Å². The van der Waals surface area contributed by atoms with Crippen LogP contribution in [-0.2, 0) is 5.41 Å². The van der Waals surface area contributed by atoms with E-state index >= 15 is 0 Å². The fourth-order valence-electron chi connectivity index (χ4n) is 4.39. The fraction of sp³-hybridized carbons (Fsp3) is 0.235. The third kappa shape index (κ3) is 6.94. The number of carbonyl (C=O) groups is 2. The van der Waals surface area contributed by atoms with E-state index in [4.69, 9.17) is 5.11 Å². The van der Waals surface area contributed by atoms with Crippen LogP contribution in [0.4, 0.5) is 5.69 Å². The van der Waals surface area contributed by atoms with E-state index in [1.165, 1.54) is 11.9 Å². The highest BCUT2D eigenvalue weighted by Crippen LogP contribution is 2.34. The zero-order chi connectivity index (χ0) is 30.2.